The van der Waals surface area contributed by atoms with Crippen LogP contribution in [0.1, 0.15) is 18.4 Å². The predicted octanol–water partition coefficient (Wildman–Crippen LogP) is 1.26. The lowest BCUT2D eigenvalue weighted by atomic mass is 10.0. The average Bonchev–Trinajstić information content (AvgIpc) is 2.47. The molecule has 3 N–H and O–H groups in total. The highest BCUT2D eigenvalue weighted by molar-refractivity contribution is 7.95. The van der Waals surface area contributed by atoms with Gasteiger partial charge in [0.05, 0.1) is 4.90 Å². The van der Waals surface area contributed by atoms with Gasteiger partial charge in [0.15, 0.2) is 0 Å². The van der Waals surface area contributed by atoms with E-state index in [2.05, 4.69) is 0 Å². The normalized spacial score (nSPS) is 16.9. The van der Waals surface area contributed by atoms with Gasteiger partial charge < -0.3 is 10.8 Å². The minimum Gasteiger partial charge on any atom is -0.508 e. The Hall–Kier alpha value is -1.33. The lowest BCUT2D eigenvalue weighted by Gasteiger charge is -2.03. The van der Waals surface area contributed by atoms with Gasteiger partial charge in [-0.15, -0.1) is 0 Å². The summed E-state index contributed by atoms with van der Waals surface area (Å²) in [4.78, 5) is 0.275. The zero-order valence-electron chi connectivity index (χ0n) is 8.68. The fourth-order valence-electron chi connectivity index (χ4n) is 1.82. The SMILES string of the molecule is NCCCC1=CS(=O)(=O)c2ccc(O)cc21. The van der Waals surface area contributed by atoms with E-state index in [0.717, 1.165) is 12.0 Å². The van der Waals surface area contributed by atoms with Crippen molar-refractivity contribution in [3.63, 3.8) is 0 Å². The highest BCUT2D eigenvalue weighted by Crippen LogP contribution is 2.37. The van der Waals surface area contributed by atoms with E-state index in [1.807, 2.05) is 0 Å². The molecular weight excluding hydrogens is 226 g/mol. The third kappa shape index (κ3) is 1.83. The molecular formula is C11H13NO3S. The van der Waals surface area contributed by atoms with E-state index >= 15 is 0 Å². The summed E-state index contributed by atoms with van der Waals surface area (Å²) in [7, 11) is -3.32. The van der Waals surface area contributed by atoms with E-state index in [4.69, 9.17) is 5.73 Å². The lowest BCUT2D eigenvalue weighted by molar-refractivity contribution is 0.474. The van der Waals surface area contributed by atoms with Gasteiger partial charge in [-0.1, -0.05) is 0 Å². The first-order valence-corrected chi connectivity index (χ1v) is 6.58. The molecule has 1 aromatic carbocycles. The van der Waals surface area contributed by atoms with E-state index in [1.165, 1.54) is 23.6 Å². The van der Waals surface area contributed by atoms with Crippen LogP contribution in [0.25, 0.3) is 5.57 Å². The molecule has 2 rings (SSSR count). The van der Waals surface area contributed by atoms with E-state index in [0.29, 0.717) is 18.5 Å². The van der Waals surface area contributed by atoms with Crippen molar-refractivity contribution >= 4 is 15.4 Å². The van der Waals surface area contributed by atoms with Crippen LogP contribution in [0.3, 0.4) is 0 Å². The second-order valence-electron chi connectivity index (χ2n) is 3.76. The maximum absolute atomic E-state index is 11.7. The number of benzene rings is 1. The third-order valence-corrected chi connectivity index (χ3v) is 4.13. The number of phenols is 1. The topological polar surface area (TPSA) is 80.4 Å². The maximum Gasteiger partial charge on any atom is 0.200 e. The van der Waals surface area contributed by atoms with E-state index in [-0.39, 0.29) is 10.6 Å². The molecule has 5 heteroatoms. The molecule has 0 atom stereocenters. The summed E-state index contributed by atoms with van der Waals surface area (Å²) in [5.41, 5.74) is 6.74. The van der Waals surface area contributed by atoms with Gasteiger partial charge in [0.1, 0.15) is 5.75 Å². The van der Waals surface area contributed by atoms with Gasteiger partial charge in [-0.3, -0.25) is 0 Å². The first-order chi connectivity index (χ1) is 7.54. The van der Waals surface area contributed by atoms with Gasteiger partial charge in [-0.2, -0.15) is 0 Å². The third-order valence-electron chi connectivity index (χ3n) is 2.56. The Kier molecular flexibility index (Phi) is 2.73. The molecule has 0 bridgehead atoms. The first kappa shape index (κ1) is 11.2. The van der Waals surface area contributed by atoms with E-state index in [1.54, 1.807) is 0 Å². The number of nitrogens with two attached hydrogens (primary N) is 1. The van der Waals surface area contributed by atoms with Gasteiger partial charge >= 0.3 is 0 Å². The number of allylic oxidation sites excluding steroid dienone is 1. The van der Waals surface area contributed by atoms with Crippen molar-refractivity contribution in [2.75, 3.05) is 6.54 Å². The number of phenolic OH excluding ortho intramolecular Hbond substituents is 1. The molecule has 0 saturated heterocycles. The summed E-state index contributed by atoms with van der Waals surface area (Å²) in [5.74, 6) is 0.0782. The Morgan fingerprint density at radius 2 is 2.06 bits per heavy atom. The summed E-state index contributed by atoms with van der Waals surface area (Å²) in [6, 6.07) is 4.31. The number of rotatable bonds is 3. The largest absolute Gasteiger partial charge is 0.508 e. The zero-order chi connectivity index (χ0) is 11.8. The molecule has 1 heterocycles. The van der Waals surface area contributed by atoms with Crippen LogP contribution < -0.4 is 5.73 Å². The Morgan fingerprint density at radius 1 is 1.31 bits per heavy atom. The van der Waals surface area contributed by atoms with Crippen molar-refractivity contribution in [2.45, 2.75) is 17.7 Å². The number of hydrogen-bond donors (Lipinski definition) is 2. The van der Waals surface area contributed by atoms with Crippen molar-refractivity contribution < 1.29 is 13.5 Å². The summed E-state index contributed by atoms with van der Waals surface area (Å²) >= 11 is 0. The second kappa shape index (κ2) is 3.92. The lowest BCUT2D eigenvalue weighted by Crippen LogP contribution is -1.98. The minimum atomic E-state index is -3.32. The Morgan fingerprint density at radius 3 is 2.75 bits per heavy atom. The Labute approximate surface area is 94.3 Å². The van der Waals surface area contributed by atoms with Crippen molar-refractivity contribution in [1.29, 1.82) is 0 Å². The molecule has 0 aromatic heterocycles. The molecule has 4 nitrogen and oxygen atoms in total. The molecule has 0 amide bonds. The first-order valence-electron chi connectivity index (χ1n) is 5.04. The fraction of sp³-hybridized carbons (Fsp3) is 0.273. The van der Waals surface area contributed by atoms with Crippen molar-refractivity contribution in [3.8, 4) is 5.75 Å². The van der Waals surface area contributed by atoms with Gasteiger partial charge in [0.25, 0.3) is 0 Å². The van der Waals surface area contributed by atoms with Gasteiger partial charge in [-0.25, -0.2) is 8.42 Å². The summed E-state index contributed by atoms with van der Waals surface area (Å²) in [6.07, 6.45) is 1.35. The number of fused-ring (bicyclic) bond motifs is 1. The molecule has 0 radical (unpaired) electrons. The van der Waals surface area contributed by atoms with Gasteiger partial charge in [0, 0.05) is 11.0 Å². The quantitative estimate of drug-likeness (QED) is 0.832. The molecule has 1 aliphatic rings. The highest BCUT2D eigenvalue weighted by atomic mass is 32.2. The average molecular weight is 239 g/mol. The van der Waals surface area contributed by atoms with Crippen LogP contribution in [-0.2, 0) is 9.84 Å². The molecule has 0 fully saturated rings. The van der Waals surface area contributed by atoms with Gasteiger partial charge in [-0.05, 0) is 43.2 Å². The number of hydrogen-bond acceptors (Lipinski definition) is 4. The van der Waals surface area contributed by atoms with Crippen LogP contribution >= 0.6 is 0 Å². The summed E-state index contributed by atoms with van der Waals surface area (Å²) < 4.78 is 23.5. The highest BCUT2D eigenvalue weighted by Gasteiger charge is 2.26. The van der Waals surface area contributed by atoms with E-state index in [9.17, 15) is 13.5 Å². The Balaban J connectivity index is 2.49. The standard InChI is InChI=1S/C11H13NO3S/c12-5-1-2-8-7-16(14,15)11-4-3-9(13)6-10(8)11/h3-4,6-7,13H,1-2,5,12H2. The molecule has 0 aliphatic carbocycles. The number of aromatic hydroxyl groups is 1. The molecule has 1 aliphatic heterocycles. The zero-order valence-corrected chi connectivity index (χ0v) is 9.50. The molecule has 0 saturated carbocycles. The summed E-state index contributed by atoms with van der Waals surface area (Å²) in [6.45, 7) is 0.519. The second-order valence-corrected chi connectivity index (χ2v) is 5.53. The fourth-order valence-corrected chi connectivity index (χ4v) is 3.32. The van der Waals surface area contributed by atoms with Crippen LogP contribution in [0.4, 0.5) is 0 Å². The van der Waals surface area contributed by atoms with E-state index < -0.39 is 9.84 Å². The van der Waals surface area contributed by atoms with Crippen LogP contribution in [0.15, 0.2) is 28.5 Å². The molecule has 1 aromatic rings. The van der Waals surface area contributed by atoms with Crippen molar-refractivity contribution in [3.05, 3.63) is 29.2 Å². The van der Waals surface area contributed by atoms with Crippen LogP contribution in [0.5, 0.6) is 5.75 Å². The summed E-state index contributed by atoms with van der Waals surface area (Å²) in [5, 5.41) is 10.6. The number of sulfone groups is 1. The smallest absolute Gasteiger partial charge is 0.200 e. The van der Waals surface area contributed by atoms with Crippen LogP contribution in [-0.4, -0.2) is 20.1 Å². The molecule has 16 heavy (non-hydrogen) atoms. The van der Waals surface area contributed by atoms with Crippen LogP contribution in [0.2, 0.25) is 0 Å². The maximum atomic E-state index is 11.7. The molecule has 0 unspecified atom stereocenters. The monoisotopic (exact) mass is 239 g/mol. The van der Waals surface area contributed by atoms with Gasteiger partial charge in [0.2, 0.25) is 9.84 Å². The molecule has 86 valence electrons. The van der Waals surface area contributed by atoms with Crippen molar-refractivity contribution in [1.82, 2.24) is 0 Å². The minimum absolute atomic E-state index is 0.0782. The van der Waals surface area contributed by atoms with Crippen LogP contribution in [0, 0.1) is 0 Å². The molecule has 0 spiro atoms. The predicted molar refractivity (Wildman–Crippen MR) is 61.6 cm³/mol. The Bertz CT molecular complexity index is 546. The van der Waals surface area contributed by atoms with Crippen molar-refractivity contribution in [2.24, 2.45) is 5.73 Å².